The number of hydrogen-bond acceptors (Lipinski definition) is 7. The van der Waals surface area contributed by atoms with Crippen LogP contribution in [0.2, 0.25) is 0 Å². The summed E-state index contributed by atoms with van der Waals surface area (Å²) >= 11 is 2.60. The molecule has 2 aromatic heterocycles. The van der Waals surface area contributed by atoms with Crippen molar-refractivity contribution in [2.24, 2.45) is 0 Å². The number of nitro benzene ring substituents is 1. The minimum absolute atomic E-state index is 0.0187. The third-order valence-electron chi connectivity index (χ3n) is 4.64. The monoisotopic (exact) mass is 428 g/mol. The largest absolute Gasteiger partial charge is 0.326 e. The average Bonchev–Trinajstić information content (AvgIpc) is 3.48. The van der Waals surface area contributed by atoms with E-state index in [0.717, 1.165) is 6.42 Å². The van der Waals surface area contributed by atoms with E-state index in [9.17, 15) is 19.7 Å². The van der Waals surface area contributed by atoms with Gasteiger partial charge in [0.1, 0.15) is 6.04 Å². The van der Waals surface area contributed by atoms with Gasteiger partial charge in [0, 0.05) is 29.6 Å². The maximum Gasteiger partial charge on any atom is 0.270 e. The van der Waals surface area contributed by atoms with Crippen molar-refractivity contribution in [3.63, 3.8) is 0 Å². The van der Waals surface area contributed by atoms with Gasteiger partial charge < -0.3 is 10.2 Å². The van der Waals surface area contributed by atoms with Crippen molar-refractivity contribution in [1.82, 2.24) is 9.88 Å². The third-order valence-corrected chi connectivity index (χ3v) is 6.25. The number of non-ortho nitro benzene ring substituents is 1. The highest BCUT2D eigenvalue weighted by Gasteiger charge is 2.35. The fourth-order valence-electron chi connectivity index (χ4n) is 3.26. The first-order valence-corrected chi connectivity index (χ1v) is 10.6. The van der Waals surface area contributed by atoms with Crippen LogP contribution in [0.5, 0.6) is 0 Å². The van der Waals surface area contributed by atoms with Gasteiger partial charge in [-0.1, -0.05) is 18.2 Å². The van der Waals surface area contributed by atoms with E-state index in [0.29, 0.717) is 34.2 Å². The van der Waals surface area contributed by atoms with E-state index in [1.165, 1.54) is 34.8 Å². The summed E-state index contributed by atoms with van der Waals surface area (Å²) in [6.07, 6.45) is 1.37. The van der Waals surface area contributed by atoms with E-state index >= 15 is 0 Å². The first-order valence-electron chi connectivity index (χ1n) is 8.88. The van der Waals surface area contributed by atoms with Gasteiger partial charge in [-0.3, -0.25) is 19.7 Å². The molecule has 1 saturated heterocycles. The summed E-state index contributed by atoms with van der Waals surface area (Å²) in [4.78, 5) is 42.5. The van der Waals surface area contributed by atoms with Gasteiger partial charge in [0.25, 0.3) is 11.6 Å². The summed E-state index contributed by atoms with van der Waals surface area (Å²) in [6, 6.07) is 9.22. The van der Waals surface area contributed by atoms with Crippen molar-refractivity contribution in [3.05, 3.63) is 62.1 Å². The number of nitro groups is 1. The molecule has 1 aliphatic rings. The van der Waals surface area contributed by atoms with Gasteiger partial charge in [0.15, 0.2) is 5.13 Å². The number of likely N-dealkylation sites (tertiary alicyclic amines) is 1. The second-order valence-electron chi connectivity index (χ2n) is 6.47. The van der Waals surface area contributed by atoms with Crippen molar-refractivity contribution in [3.8, 4) is 11.3 Å². The van der Waals surface area contributed by atoms with Gasteiger partial charge in [0.05, 0.1) is 15.5 Å². The number of carbonyl (C=O) groups excluding carboxylic acids is 2. The summed E-state index contributed by atoms with van der Waals surface area (Å²) in [6.45, 7) is 0.547. The lowest BCUT2D eigenvalue weighted by Crippen LogP contribution is -2.42. The van der Waals surface area contributed by atoms with Gasteiger partial charge in [-0.15, -0.1) is 22.7 Å². The van der Waals surface area contributed by atoms with E-state index in [-0.39, 0.29) is 17.5 Å². The number of thiophene rings is 1. The van der Waals surface area contributed by atoms with Crippen LogP contribution in [0.3, 0.4) is 0 Å². The lowest BCUT2D eigenvalue weighted by Gasteiger charge is -2.22. The van der Waals surface area contributed by atoms with Gasteiger partial charge in [0.2, 0.25) is 5.91 Å². The predicted molar refractivity (Wildman–Crippen MR) is 111 cm³/mol. The molecule has 0 unspecified atom stereocenters. The standard InChI is InChI=1S/C19H16N4O4S2/c24-17(15-6-2-8-22(15)18(25)16-7-3-9-28-16)21-19-20-14(11-29-19)12-4-1-5-13(10-12)23(26)27/h1,3-5,7,9-11,15H,2,6,8H2,(H,20,21,24)/t15-/m0/s1. The molecule has 0 saturated carbocycles. The molecule has 0 radical (unpaired) electrons. The smallest absolute Gasteiger partial charge is 0.270 e. The number of nitrogens with one attached hydrogen (secondary N) is 1. The Labute approximate surface area is 174 Å². The molecule has 3 heterocycles. The van der Waals surface area contributed by atoms with Crippen LogP contribution in [0.4, 0.5) is 10.8 Å². The SMILES string of the molecule is O=C(Nc1nc(-c2cccc([N+](=O)[O-])c2)cs1)[C@@H]1CCCN1C(=O)c1cccs1. The summed E-state index contributed by atoms with van der Waals surface area (Å²) in [7, 11) is 0. The van der Waals surface area contributed by atoms with Crippen molar-refractivity contribution < 1.29 is 14.5 Å². The van der Waals surface area contributed by atoms with Gasteiger partial charge >= 0.3 is 0 Å². The lowest BCUT2D eigenvalue weighted by atomic mass is 10.1. The molecule has 0 bridgehead atoms. The second-order valence-corrected chi connectivity index (χ2v) is 8.27. The maximum atomic E-state index is 12.8. The quantitative estimate of drug-likeness (QED) is 0.488. The molecule has 8 nitrogen and oxygen atoms in total. The first-order chi connectivity index (χ1) is 14.0. The topological polar surface area (TPSA) is 105 Å². The zero-order chi connectivity index (χ0) is 20.4. The molecule has 1 atom stereocenters. The summed E-state index contributed by atoms with van der Waals surface area (Å²) < 4.78 is 0. The Kier molecular flexibility index (Phi) is 5.36. The highest BCUT2D eigenvalue weighted by molar-refractivity contribution is 7.14. The fraction of sp³-hybridized carbons (Fsp3) is 0.211. The zero-order valence-electron chi connectivity index (χ0n) is 15.1. The van der Waals surface area contributed by atoms with Crippen LogP contribution in [0.25, 0.3) is 11.3 Å². The number of benzene rings is 1. The Bertz CT molecular complexity index is 1060. The van der Waals surface area contributed by atoms with Crippen LogP contribution >= 0.6 is 22.7 Å². The Morgan fingerprint density at radius 3 is 2.86 bits per heavy atom. The second kappa shape index (κ2) is 8.10. The number of aromatic nitrogens is 1. The van der Waals surface area contributed by atoms with Crippen molar-refractivity contribution in [1.29, 1.82) is 0 Å². The fourth-order valence-corrected chi connectivity index (χ4v) is 4.66. The third kappa shape index (κ3) is 4.03. The van der Waals surface area contributed by atoms with Crippen molar-refractivity contribution in [2.75, 3.05) is 11.9 Å². The predicted octanol–water partition coefficient (Wildman–Crippen LogP) is 4.02. The number of nitrogens with zero attached hydrogens (tertiary/aromatic N) is 3. The summed E-state index contributed by atoms with van der Waals surface area (Å²) in [5, 5.41) is 17.7. The van der Waals surface area contributed by atoms with Crippen LogP contribution in [0, 0.1) is 10.1 Å². The van der Waals surface area contributed by atoms with Crippen molar-refractivity contribution in [2.45, 2.75) is 18.9 Å². The molecule has 4 rings (SSSR count). The van der Waals surface area contributed by atoms with Crippen LogP contribution in [-0.2, 0) is 4.79 Å². The molecule has 29 heavy (non-hydrogen) atoms. The minimum atomic E-state index is -0.533. The molecule has 1 aromatic carbocycles. The maximum absolute atomic E-state index is 12.8. The lowest BCUT2D eigenvalue weighted by molar-refractivity contribution is -0.384. The van der Waals surface area contributed by atoms with Crippen molar-refractivity contribution >= 4 is 45.3 Å². The molecule has 0 aliphatic carbocycles. The van der Waals surface area contributed by atoms with E-state index in [2.05, 4.69) is 10.3 Å². The Morgan fingerprint density at radius 2 is 2.10 bits per heavy atom. The van der Waals surface area contributed by atoms with Gasteiger partial charge in [-0.25, -0.2) is 4.98 Å². The molecule has 148 valence electrons. The molecule has 0 spiro atoms. The molecule has 1 N–H and O–H groups in total. The highest BCUT2D eigenvalue weighted by Crippen LogP contribution is 2.29. The molecule has 2 amide bonds. The molecule has 3 aromatic rings. The normalized spacial score (nSPS) is 16.0. The van der Waals surface area contributed by atoms with E-state index in [1.807, 2.05) is 11.4 Å². The molecular weight excluding hydrogens is 412 g/mol. The van der Waals surface area contributed by atoms with E-state index in [4.69, 9.17) is 0 Å². The molecular formula is C19H16N4O4S2. The average molecular weight is 428 g/mol. The molecule has 1 aliphatic heterocycles. The number of carbonyl (C=O) groups is 2. The number of hydrogen-bond donors (Lipinski definition) is 1. The van der Waals surface area contributed by atoms with Crippen LogP contribution in [0.15, 0.2) is 47.2 Å². The highest BCUT2D eigenvalue weighted by atomic mass is 32.1. The summed E-state index contributed by atoms with van der Waals surface area (Å²) in [5.41, 5.74) is 1.13. The van der Waals surface area contributed by atoms with E-state index < -0.39 is 11.0 Å². The Balaban J connectivity index is 1.47. The number of rotatable bonds is 5. The molecule has 10 heteroatoms. The number of amides is 2. The molecule has 1 fully saturated rings. The van der Waals surface area contributed by atoms with Gasteiger partial charge in [-0.05, 0) is 24.3 Å². The van der Waals surface area contributed by atoms with Crippen LogP contribution < -0.4 is 5.32 Å². The van der Waals surface area contributed by atoms with Crippen LogP contribution in [-0.4, -0.2) is 39.2 Å². The van der Waals surface area contributed by atoms with Gasteiger partial charge in [-0.2, -0.15) is 0 Å². The Morgan fingerprint density at radius 1 is 1.24 bits per heavy atom. The minimum Gasteiger partial charge on any atom is -0.326 e. The first kappa shape index (κ1) is 19.2. The Hall–Kier alpha value is -3.11. The number of anilines is 1. The van der Waals surface area contributed by atoms with Crippen LogP contribution in [0.1, 0.15) is 22.5 Å². The zero-order valence-corrected chi connectivity index (χ0v) is 16.7. The summed E-state index contributed by atoms with van der Waals surface area (Å²) in [5.74, 6) is -0.401. The number of thiazole rings is 1. The van der Waals surface area contributed by atoms with E-state index in [1.54, 1.807) is 28.5 Å².